The molecule has 0 heterocycles. The number of aliphatic hydroxyl groups is 1. The second kappa shape index (κ2) is 12.9. The van der Waals surface area contributed by atoms with Crippen LogP contribution >= 0.6 is 0 Å². The van der Waals surface area contributed by atoms with Gasteiger partial charge in [0.1, 0.15) is 17.7 Å². The third-order valence-corrected chi connectivity index (χ3v) is 4.95. The Bertz CT molecular complexity index is 850. The molecule has 8 nitrogen and oxygen atoms in total. The summed E-state index contributed by atoms with van der Waals surface area (Å²) in [5.41, 5.74) is 1.39. The third-order valence-electron chi connectivity index (χ3n) is 4.95. The molecule has 0 bridgehead atoms. The van der Waals surface area contributed by atoms with E-state index in [0.29, 0.717) is 12.1 Å². The predicted octanol–water partition coefficient (Wildman–Crippen LogP) is 2.96. The lowest BCUT2D eigenvalue weighted by Crippen LogP contribution is -2.53. The molecule has 0 saturated heterocycles. The molecule has 2 atom stereocenters. The molecular weight excluding hydrogens is 422 g/mol. The Kier molecular flexibility index (Phi) is 10.9. The number of rotatable bonds is 10. The monoisotopic (exact) mass is 459 g/mol. The number of nitrogens with zero attached hydrogens (tertiary/aromatic N) is 1. The van der Waals surface area contributed by atoms with Crippen LogP contribution in [0, 0.1) is 26.3 Å². The number of amides is 3. The van der Waals surface area contributed by atoms with E-state index in [9.17, 15) is 19.5 Å². The maximum atomic E-state index is 13.3. The van der Waals surface area contributed by atoms with E-state index >= 15 is 0 Å². The first-order valence-electron chi connectivity index (χ1n) is 11.2. The van der Waals surface area contributed by atoms with Gasteiger partial charge in [0.25, 0.3) is 5.91 Å². The van der Waals surface area contributed by atoms with Gasteiger partial charge in [0, 0.05) is 12.6 Å². The van der Waals surface area contributed by atoms with Crippen molar-refractivity contribution in [1.82, 2.24) is 15.5 Å². The summed E-state index contributed by atoms with van der Waals surface area (Å²) >= 11 is 0. The number of aryl methyl sites for hydroxylation is 2. The summed E-state index contributed by atoms with van der Waals surface area (Å²) in [6.07, 6.45) is 7.58. The van der Waals surface area contributed by atoms with Crippen molar-refractivity contribution in [1.29, 1.82) is 0 Å². The third kappa shape index (κ3) is 8.43. The fraction of sp³-hybridized carbons (Fsp3) is 0.560. The molecule has 0 aliphatic rings. The van der Waals surface area contributed by atoms with Gasteiger partial charge >= 0.3 is 6.09 Å². The van der Waals surface area contributed by atoms with Gasteiger partial charge in [-0.25, -0.2) is 4.79 Å². The van der Waals surface area contributed by atoms with E-state index in [1.807, 2.05) is 32.0 Å². The van der Waals surface area contributed by atoms with Crippen LogP contribution in [0.5, 0.6) is 0 Å². The van der Waals surface area contributed by atoms with Crippen molar-refractivity contribution in [2.24, 2.45) is 0 Å². The van der Waals surface area contributed by atoms with Crippen molar-refractivity contribution in [2.45, 2.75) is 78.5 Å². The van der Waals surface area contributed by atoms with Crippen LogP contribution in [-0.2, 0) is 14.3 Å². The summed E-state index contributed by atoms with van der Waals surface area (Å²) in [5, 5.41) is 15.0. The average Bonchev–Trinajstić information content (AvgIpc) is 2.72. The SMILES string of the molecule is C#CN(C(=O)C(CO)NC(=O)OC(C)(C)C)C(C(=O)NCCCCC)c1c(C)cccc1C. The predicted molar refractivity (Wildman–Crippen MR) is 127 cm³/mol. The summed E-state index contributed by atoms with van der Waals surface area (Å²) in [4.78, 5) is 39.7. The molecule has 1 aromatic carbocycles. The molecule has 3 N–H and O–H groups in total. The van der Waals surface area contributed by atoms with Gasteiger partial charge in [-0.1, -0.05) is 44.4 Å². The maximum absolute atomic E-state index is 13.3. The van der Waals surface area contributed by atoms with Gasteiger partial charge in [-0.3, -0.25) is 14.5 Å². The van der Waals surface area contributed by atoms with Crippen molar-refractivity contribution < 1.29 is 24.2 Å². The quantitative estimate of drug-likeness (QED) is 0.283. The normalized spacial score (nSPS) is 12.8. The lowest BCUT2D eigenvalue weighted by Gasteiger charge is -2.31. The number of benzene rings is 1. The fourth-order valence-electron chi connectivity index (χ4n) is 3.39. The van der Waals surface area contributed by atoms with Crippen molar-refractivity contribution >= 4 is 17.9 Å². The number of unbranched alkanes of at least 4 members (excludes halogenated alkanes) is 2. The highest BCUT2D eigenvalue weighted by Gasteiger charge is 2.36. The van der Waals surface area contributed by atoms with Gasteiger partial charge in [0.15, 0.2) is 0 Å². The molecule has 1 aromatic rings. The van der Waals surface area contributed by atoms with Crippen molar-refractivity contribution in [2.75, 3.05) is 13.2 Å². The van der Waals surface area contributed by atoms with E-state index in [1.165, 1.54) is 0 Å². The van der Waals surface area contributed by atoms with Crippen LogP contribution in [0.15, 0.2) is 18.2 Å². The zero-order valence-electron chi connectivity index (χ0n) is 20.5. The van der Waals surface area contributed by atoms with Crippen molar-refractivity contribution in [3.8, 4) is 12.5 Å². The van der Waals surface area contributed by atoms with E-state index in [0.717, 1.165) is 35.3 Å². The first-order chi connectivity index (χ1) is 15.5. The van der Waals surface area contributed by atoms with Gasteiger partial charge in [-0.15, -0.1) is 0 Å². The molecule has 33 heavy (non-hydrogen) atoms. The fourth-order valence-corrected chi connectivity index (χ4v) is 3.39. The zero-order valence-corrected chi connectivity index (χ0v) is 20.5. The number of nitrogens with one attached hydrogen (secondary N) is 2. The number of aliphatic hydroxyl groups excluding tert-OH is 1. The smallest absolute Gasteiger partial charge is 0.408 e. The second-order valence-electron chi connectivity index (χ2n) is 8.92. The Hall–Kier alpha value is -3.05. The van der Waals surface area contributed by atoms with Crippen molar-refractivity contribution in [3.63, 3.8) is 0 Å². The van der Waals surface area contributed by atoms with Crippen molar-refractivity contribution in [3.05, 3.63) is 34.9 Å². The minimum atomic E-state index is -1.38. The van der Waals surface area contributed by atoms with Crippen LogP contribution in [0.1, 0.15) is 69.7 Å². The lowest BCUT2D eigenvalue weighted by atomic mass is 9.94. The van der Waals surface area contributed by atoms with Gasteiger partial charge in [-0.05, 0) is 57.7 Å². The molecule has 0 aliphatic carbocycles. The van der Waals surface area contributed by atoms with Gasteiger partial charge in [0.05, 0.1) is 6.61 Å². The summed E-state index contributed by atoms with van der Waals surface area (Å²) in [6, 6.07) is 5.31. The molecule has 8 heteroatoms. The van der Waals surface area contributed by atoms with Crippen LogP contribution in [0.2, 0.25) is 0 Å². The first kappa shape index (κ1) is 28.0. The molecular formula is C25H37N3O5. The maximum Gasteiger partial charge on any atom is 0.408 e. The highest BCUT2D eigenvalue weighted by Crippen LogP contribution is 2.28. The number of carbonyl (C=O) groups excluding carboxylic acids is 3. The first-order valence-corrected chi connectivity index (χ1v) is 11.2. The minimum Gasteiger partial charge on any atom is -0.444 e. The number of carbonyl (C=O) groups is 3. The summed E-state index contributed by atoms with van der Waals surface area (Å²) in [6.45, 7) is 10.5. The minimum absolute atomic E-state index is 0.427. The molecule has 2 unspecified atom stereocenters. The number of ether oxygens (including phenoxy) is 1. The molecule has 0 aromatic heterocycles. The van der Waals surface area contributed by atoms with Gasteiger partial charge in [-0.2, -0.15) is 0 Å². The van der Waals surface area contributed by atoms with E-state index < -0.39 is 42.2 Å². The molecule has 182 valence electrons. The highest BCUT2D eigenvalue weighted by molar-refractivity contribution is 5.93. The van der Waals surface area contributed by atoms with Gasteiger partial charge in [0.2, 0.25) is 5.91 Å². The number of alkyl carbamates (subject to hydrolysis) is 1. The standard InChI is InChI=1S/C25H37N3O5/c1-8-10-11-15-26-22(30)21(20-17(3)13-12-14-18(20)4)28(9-2)23(31)19(16-29)27-24(32)33-25(5,6)7/h2,12-14,19,21,29H,8,10-11,15-16H2,1,3-7H3,(H,26,30)(H,27,32). The van der Waals surface area contributed by atoms with E-state index in [-0.39, 0.29) is 0 Å². The molecule has 1 rings (SSSR count). The zero-order chi connectivity index (χ0) is 25.2. The molecule has 0 radical (unpaired) electrons. The number of terminal acetylenes is 1. The number of hydrogen-bond donors (Lipinski definition) is 3. The van der Waals surface area contributed by atoms with Crippen LogP contribution in [0.3, 0.4) is 0 Å². The lowest BCUT2D eigenvalue weighted by molar-refractivity contribution is -0.139. The Balaban J connectivity index is 3.29. The molecule has 0 aliphatic heterocycles. The number of hydrogen-bond acceptors (Lipinski definition) is 5. The van der Waals surface area contributed by atoms with E-state index in [4.69, 9.17) is 11.2 Å². The summed E-state index contributed by atoms with van der Waals surface area (Å²) in [5.74, 6) is -1.22. The second-order valence-corrected chi connectivity index (χ2v) is 8.92. The Morgan fingerprint density at radius 2 is 1.79 bits per heavy atom. The molecule has 0 spiro atoms. The largest absolute Gasteiger partial charge is 0.444 e. The molecule has 0 saturated carbocycles. The van der Waals surface area contributed by atoms with Gasteiger partial charge < -0.3 is 20.5 Å². The van der Waals surface area contributed by atoms with Crippen LogP contribution < -0.4 is 10.6 Å². The summed E-state index contributed by atoms with van der Waals surface area (Å²) < 4.78 is 5.18. The van der Waals surface area contributed by atoms with Crippen LogP contribution in [0.25, 0.3) is 0 Å². The summed E-state index contributed by atoms with van der Waals surface area (Å²) in [7, 11) is 0. The Morgan fingerprint density at radius 3 is 2.27 bits per heavy atom. The Morgan fingerprint density at radius 1 is 1.18 bits per heavy atom. The van der Waals surface area contributed by atoms with Crippen LogP contribution in [-0.4, -0.2) is 52.7 Å². The van der Waals surface area contributed by atoms with E-state index in [2.05, 4.69) is 23.6 Å². The molecule has 0 fully saturated rings. The topological polar surface area (TPSA) is 108 Å². The van der Waals surface area contributed by atoms with E-state index in [1.54, 1.807) is 20.8 Å². The van der Waals surface area contributed by atoms with Crippen LogP contribution in [0.4, 0.5) is 4.79 Å². The average molecular weight is 460 g/mol. The molecule has 3 amide bonds. The Labute approximate surface area is 197 Å². The highest BCUT2D eigenvalue weighted by atomic mass is 16.6.